The van der Waals surface area contributed by atoms with Crippen molar-refractivity contribution in [1.82, 2.24) is 15.6 Å². The highest BCUT2D eigenvalue weighted by molar-refractivity contribution is 7.82. The van der Waals surface area contributed by atoms with Gasteiger partial charge in [-0.3, -0.25) is 4.98 Å². The molecule has 1 aliphatic carbocycles. The van der Waals surface area contributed by atoms with Gasteiger partial charge in [0.2, 0.25) is 0 Å². The van der Waals surface area contributed by atoms with Gasteiger partial charge in [-0.2, -0.15) is 0 Å². The van der Waals surface area contributed by atoms with Crippen LogP contribution in [0.2, 0.25) is 0 Å². The second-order valence-corrected chi connectivity index (χ2v) is 16.3. The highest BCUT2D eigenvalue weighted by atomic mass is 32.1. The Morgan fingerprint density at radius 2 is 1.87 bits per heavy atom. The molecule has 0 spiro atoms. The molecule has 0 fully saturated rings. The van der Waals surface area contributed by atoms with Crippen LogP contribution in [0.4, 0.5) is 11.4 Å². The summed E-state index contributed by atoms with van der Waals surface area (Å²) in [5, 5.41) is 20.0. The summed E-state index contributed by atoms with van der Waals surface area (Å²) in [6, 6.07) is 20.7. The summed E-state index contributed by atoms with van der Waals surface area (Å²) in [5.41, 5.74) is 12.2. The van der Waals surface area contributed by atoms with Gasteiger partial charge in [0.25, 0.3) is 0 Å². The molecule has 0 bridgehead atoms. The molecule has 0 saturated heterocycles. The Labute approximate surface area is 325 Å². The molecule has 53 heavy (non-hydrogen) atoms. The van der Waals surface area contributed by atoms with Crippen molar-refractivity contribution < 1.29 is 0 Å². The van der Waals surface area contributed by atoms with Crippen LogP contribution in [0.3, 0.4) is 0 Å². The van der Waals surface area contributed by atoms with Gasteiger partial charge >= 0.3 is 0 Å². The quantitative estimate of drug-likeness (QED) is 0.0552. The molecule has 0 radical (unpaired) electrons. The van der Waals surface area contributed by atoms with Crippen LogP contribution in [-0.4, -0.2) is 47.4 Å². The van der Waals surface area contributed by atoms with E-state index in [4.69, 9.17) is 17.6 Å². The molecular weight excluding hydrogens is 689 g/mol. The largest absolute Gasteiger partial charge is 0.365 e. The van der Waals surface area contributed by atoms with Crippen LogP contribution in [0.5, 0.6) is 0 Å². The van der Waals surface area contributed by atoms with E-state index < -0.39 is 0 Å². The molecule has 3 aliphatic rings. The molecule has 276 valence electrons. The third-order valence-electron chi connectivity index (χ3n) is 11.6. The van der Waals surface area contributed by atoms with Gasteiger partial charge in [0.15, 0.2) is 0 Å². The van der Waals surface area contributed by atoms with Gasteiger partial charge in [0.1, 0.15) is 0 Å². The minimum absolute atomic E-state index is 0.0349. The number of rotatable bonds is 15. The highest BCUT2D eigenvalue weighted by Gasteiger charge is 2.40. The summed E-state index contributed by atoms with van der Waals surface area (Å²) < 4.78 is 0. The first-order valence-corrected chi connectivity index (χ1v) is 20.8. The van der Waals surface area contributed by atoms with Gasteiger partial charge in [0, 0.05) is 41.2 Å². The number of aryl methyl sites for hydroxylation is 1. The fourth-order valence-electron chi connectivity index (χ4n) is 8.65. The molecule has 3 atom stereocenters. The SMILES string of the molecule is CCNC(Cc1ccccn1)C(=N)C(=S)CCc1ccc2c(c1)C(CC)(CC)c1cc(/C=C/c3sc(C4C=CCC(C)N4)c4c3NCN4CC)ccc1-2. The lowest BCUT2D eigenvalue weighted by molar-refractivity contribution is 0.490. The molecule has 8 heteroatoms. The average Bonchev–Trinajstić information content (AvgIpc) is 3.85. The number of thiocarbonyl (C=S) groups is 1. The van der Waals surface area contributed by atoms with E-state index in [1.807, 2.05) is 35.7 Å². The maximum Gasteiger partial charge on any atom is 0.0878 e. The fourth-order valence-corrected chi connectivity index (χ4v) is 10.1. The lowest BCUT2D eigenvalue weighted by Gasteiger charge is -2.30. The lowest BCUT2D eigenvalue weighted by atomic mass is 9.73. The standard InChI is InChI=1S/C45H54N6S2/c1-6-45(7-2)35-25-30(18-22-39(52)41(46)38(47-8-3)27-32-14-10-11-24-48-32)16-20-33(35)34-21-17-31(26-36(34)45)19-23-40-42-43(51(9-4)28-49-42)44(53-40)37-15-12-13-29(5)50-37/h10-12,14-17,19-21,23-26,29,37-38,46-47,49-50H,6-9,13,18,22,27-28H2,1-5H3/b23-19+,46-41?. The van der Waals surface area contributed by atoms with Gasteiger partial charge < -0.3 is 26.3 Å². The second kappa shape index (κ2) is 16.2. The summed E-state index contributed by atoms with van der Waals surface area (Å²) in [4.78, 5) is 10.4. The van der Waals surface area contributed by atoms with E-state index in [0.29, 0.717) is 24.6 Å². The number of pyridine rings is 1. The van der Waals surface area contributed by atoms with Crippen LogP contribution in [0.15, 0.2) is 72.9 Å². The number of nitrogens with zero attached hydrogens (tertiary/aromatic N) is 2. The number of thiophene rings is 1. The molecule has 0 amide bonds. The van der Waals surface area contributed by atoms with Crippen LogP contribution < -0.4 is 20.9 Å². The minimum Gasteiger partial charge on any atom is -0.365 e. The summed E-state index contributed by atoms with van der Waals surface area (Å²) >= 11 is 7.79. The lowest BCUT2D eigenvalue weighted by Crippen LogP contribution is -2.41. The molecule has 7 rings (SSSR count). The maximum atomic E-state index is 8.97. The van der Waals surface area contributed by atoms with E-state index in [1.54, 1.807) is 0 Å². The summed E-state index contributed by atoms with van der Waals surface area (Å²) in [7, 11) is 0. The van der Waals surface area contributed by atoms with E-state index in [1.165, 1.54) is 54.5 Å². The molecule has 2 aromatic carbocycles. The Bertz CT molecular complexity index is 2020. The number of anilines is 2. The first-order chi connectivity index (χ1) is 25.8. The number of nitrogens with one attached hydrogen (secondary N) is 4. The number of hydrogen-bond acceptors (Lipinski definition) is 8. The normalized spacial score (nSPS) is 18.8. The topological polar surface area (TPSA) is 76.1 Å². The molecular formula is C45H54N6S2. The third-order valence-corrected chi connectivity index (χ3v) is 13.3. The van der Waals surface area contributed by atoms with Gasteiger partial charge in [-0.05, 0) is 104 Å². The molecule has 3 unspecified atom stereocenters. The van der Waals surface area contributed by atoms with E-state index in [2.05, 4.69) is 121 Å². The third kappa shape index (κ3) is 7.31. The van der Waals surface area contributed by atoms with Crippen LogP contribution >= 0.6 is 23.6 Å². The fraction of sp³-hybridized carbons (Fsp3) is 0.400. The van der Waals surface area contributed by atoms with Gasteiger partial charge in [-0.1, -0.05) is 93.7 Å². The van der Waals surface area contributed by atoms with Crippen molar-refractivity contribution in [2.45, 2.75) is 96.7 Å². The molecule has 6 nitrogen and oxygen atoms in total. The summed E-state index contributed by atoms with van der Waals surface area (Å²) in [6.45, 7) is 13.9. The molecule has 2 aliphatic heterocycles. The zero-order valence-electron chi connectivity index (χ0n) is 31.9. The molecule has 0 saturated carbocycles. The first-order valence-electron chi connectivity index (χ1n) is 19.6. The van der Waals surface area contributed by atoms with Gasteiger partial charge in [0.05, 0.1) is 45.6 Å². The smallest absolute Gasteiger partial charge is 0.0878 e. The summed E-state index contributed by atoms with van der Waals surface area (Å²) in [5.74, 6) is 0. The van der Waals surface area contributed by atoms with E-state index in [9.17, 15) is 0 Å². The second-order valence-electron chi connectivity index (χ2n) is 14.7. The zero-order valence-corrected chi connectivity index (χ0v) is 33.5. The van der Waals surface area contributed by atoms with Crippen LogP contribution in [-0.2, 0) is 18.3 Å². The number of aromatic nitrogens is 1. The molecule has 4 aromatic rings. The van der Waals surface area contributed by atoms with Crippen molar-refractivity contribution >= 4 is 57.7 Å². The number of likely N-dealkylation sites (N-methyl/N-ethyl adjacent to an activating group) is 1. The van der Waals surface area contributed by atoms with E-state index >= 15 is 0 Å². The summed E-state index contributed by atoms with van der Waals surface area (Å²) in [6.07, 6.45) is 16.5. The van der Waals surface area contributed by atoms with Crippen LogP contribution in [0, 0.1) is 5.41 Å². The van der Waals surface area contributed by atoms with Crippen molar-refractivity contribution in [3.8, 4) is 11.1 Å². The van der Waals surface area contributed by atoms with Crippen LogP contribution in [0.25, 0.3) is 23.3 Å². The Kier molecular flexibility index (Phi) is 11.4. The Morgan fingerprint density at radius 1 is 1.08 bits per heavy atom. The number of benzene rings is 2. The van der Waals surface area contributed by atoms with E-state index in [-0.39, 0.29) is 17.5 Å². The Morgan fingerprint density at radius 3 is 2.58 bits per heavy atom. The maximum absolute atomic E-state index is 8.97. The van der Waals surface area contributed by atoms with Crippen LogP contribution in [0.1, 0.15) is 104 Å². The number of hydrogen-bond donors (Lipinski definition) is 4. The van der Waals surface area contributed by atoms with Crippen molar-refractivity contribution in [3.63, 3.8) is 0 Å². The minimum atomic E-state index is -0.132. The number of fused-ring (bicyclic) bond motifs is 4. The monoisotopic (exact) mass is 742 g/mol. The first kappa shape index (κ1) is 37.4. The van der Waals surface area contributed by atoms with Crippen molar-refractivity contribution in [3.05, 3.63) is 111 Å². The van der Waals surface area contributed by atoms with Gasteiger partial charge in [-0.15, -0.1) is 11.3 Å². The molecule has 2 aromatic heterocycles. The predicted molar refractivity (Wildman–Crippen MR) is 231 cm³/mol. The van der Waals surface area contributed by atoms with Crippen molar-refractivity contribution in [2.75, 3.05) is 30.0 Å². The molecule has 4 heterocycles. The predicted octanol–water partition coefficient (Wildman–Crippen LogP) is 10.1. The molecule has 4 N–H and O–H groups in total. The van der Waals surface area contributed by atoms with E-state index in [0.717, 1.165) is 56.0 Å². The Hall–Kier alpha value is -3.95. The zero-order chi connectivity index (χ0) is 37.1. The van der Waals surface area contributed by atoms with Gasteiger partial charge in [-0.25, -0.2) is 0 Å². The average molecular weight is 743 g/mol. The van der Waals surface area contributed by atoms with Crippen molar-refractivity contribution in [1.29, 1.82) is 5.41 Å². The Balaban J connectivity index is 1.11. The highest BCUT2D eigenvalue weighted by Crippen LogP contribution is 2.53. The van der Waals surface area contributed by atoms with Crippen molar-refractivity contribution in [2.24, 2.45) is 0 Å².